The fourth-order valence-corrected chi connectivity index (χ4v) is 8.71. The van der Waals surface area contributed by atoms with E-state index in [-0.39, 0.29) is 17.6 Å². The second-order valence-corrected chi connectivity index (χ2v) is 15.2. The Labute approximate surface area is 293 Å². The maximum Gasteiger partial charge on any atom is 0.416 e. The number of carbonyl (C=O) groups excluding carboxylic acids is 2. The number of hydrogen-bond acceptors (Lipinski definition) is 3. The van der Waals surface area contributed by atoms with E-state index in [1.54, 1.807) is 0 Å². The minimum Gasteiger partial charge on any atom is -0.346 e. The number of carbonyl (C=O) groups is 2. The minimum absolute atomic E-state index is 0.0345. The molecule has 49 heavy (non-hydrogen) atoms. The summed E-state index contributed by atoms with van der Waals surface area (Å²) in [7, 11) is 0. The van der Waals surface area contributed by atoms with Crippen molar-refractivity contribution in [1.82, 2.24) is 10.6 Å². The summed E-state index contributed by atoms with van der Waals surface area (Å²) in [5, 5.41) is 7.62. The molecular formula is C41H48ClF3N2O2. The lowest BCUT2D eigenvalue weighted by molar-refractivity contribution is -0.137. The van der Waals surface area contributed by atoms with E-state index in [0.717, 1.165) is 68.3 Å². The second-order valence-electron chi connectivity index (χ2n) is 14.8. The van der Waals surface area contributed by atoms with Crippen molar-refractivity contribution in [3.8, 4) is 0 Å². The van der Waals surface area contributed by atoms with Gasteiger partial charge in [0, 0.05) is 24.0 Å². The number of halogens is 4. The lowest BCUT2D eigenvalue weighted by Gasteiger charge is -2.33. The second kappa shape index (κ2) is 15.4. The van der Waals surface area contributed by atoms with Gasteiger partial charge >= 0.3 is 6.18 Å². The Bertz CT molecular complexity index is 1590. The minimum atomic E-state index is -4.41. The molecule has 5 unspecified atom stereocenters. The van der Waals surface area contributed by atoms with Crippen LogP contribution in [0.25, 0.3) is 0 Å². The van der Waals surface area contributed by atoms with Crippen LogP contribution in [-0.4, -0.2) is 23.8 Å². The molecule has 4 saturated carbocycles. The Balaban J connectivity index is 1.16. The predicted molar refractivity (Wildman–Crippen MR) is 188 cm³/mol. The van der Waals surface area contributed by atoms with Crippen molar-refractivity contribution < 1.29 is 22.8 Å². The molecule has 1 amide bonds. The molecular weight excluding hydrogens is 645 g/mol. The highest BCUT2D eigenvalue weighted by atomic mass is 35.5. The molecule has 2 bridgehead atoms. The third kappa shape index (κ3) is 8.78. The Kier molecular flexibility index (Phi) is 11.2. The van der Waals surface area contributed by atoms with Crippen LogP contribution in [0.4, 0.5) is 13.2 Å². The van der Waals surface area contributed by atoms with Gasteiger partial charge in [0.25, 0.3) is 0 Å². The van der Waals surface area contributed by atoms with Crippen molar-refractivity contribution in [2.45, 2.75) is 114 Å². The normalized spacial score (nSPS) is 23.4. The standard InChI is InChI=1S/C41H48ClF3N2O2/c1-2-6-31-23-34(42)16-17-36(31)40(19-20-40)39(49)47-37(18-12-27-10-14-33(15-11-27)41(43,44)45)38(48)25-32-21-29-9-13-30(32)24-35(22-29)46-26-28-7-4-3-5-8-28/h3-5,7-8,10-11,14-17,23,29-30,32,35,37,46H,2,6,9,12-13,18-22,24-26H2,1H3,(H,47,49). The largest absolute Gasteiger partial charge is 0.416 e. The Morgan fingerprint density at radius 1 is 0.918 bits per heavy atom. The molecule has 4 fully saturated rings. The molecule has 0 aromatic heterocycles. The number of benzene rings is 3. The zero-order valence-corrected chi connectivity index (χ0v) is 29.1. The highest BCUT2D eigenvalue weighted by molar-refractivity contribution is 6.30. The van der Waals surface area contributed by atoms with E-state index in [1.807, 2.05) is 24.3 Å². The first-order chi connectivity index (χ1) is 23.5. The number of alkyl halides is 3. The van der Waals surface area contributed by atoms with Gasteiger partial charge in [0.1, 0.15) is 0 Å². The van der Waals surface area contributed by atoms with E-state index < -0.39 is 23.2 Å². The molecule has 4 aliphatic carbocycles. The van der Waals surface area contributed by atoms with Gasteiger partial charge in [-0.3, -0.25) is 9.59 Å². The molecule has 262 valence electrons. The number of rotatable bonds is 14. The molecule has 0 spiro atoms. The molecule has 3 aromatic rings. The van der Waals surface area contributed by atoms with Crippen LogP contribution >= 0.6 is 11.6 Å². The summed E-state index contributed by atoms with van der Waals surface area (Å²) in [6, 6.07) is 21.0. The van der Waals surface area contributed by atoms with E-state index in [9.17, 15) is 22.8 Å². The fourth-order valence-electron chi connectivity index (χ4n) is 8.52. The fraction of sp³-hybridized carbons (Fsp3) is 0.512. The van der Waals surface area contributed by atoms with Crippen LogP contribution in [0.15, 0.2) is 72.8 Å². The summed E-state index contributed by atoms with van der Waals surface area (Å²) < 4.78 is 39.6. The van der Waals surface area contributed by atoms with Crippen molar-refractivity contribution in [3.05, 3.63) is 106 Å². The Morgan fingerprint density at radius 3 is 2.37 bits per heavy atom. The van der Waals surface area contributed by atoms with Crippen molar-refractivity contribution in [2.75, 3.05) is 0 Å². The third-order valence-electron chi connectivity index (χ3n) is 11.3. The van der Waals surface area contributed by atoms with Crippen molar-refractivity contribution >= 4 is 23.3 Å². The first-order valence-corrected chi connectivity index (χ1v) is 18.5. The average molecular weight is 693 g/mol. The molecule has 5 atom stereocenters. The summed E-state index contributed by atoms with van der Waals surface area (Å²) in [5.41, 5.74) is 2.66. The zero-order valence-electron chi connectivity index (χ0n) is 28.3. The van der Waals surface area contributed by atoms with Crippen molar-refractivity contribution in [2.24, 2.45) is 17.8 Å². The number of aryl methyl sites for hydroxylation is 2. The van der Waals surface area contributed by atoms with Gasteiger partial charge in [-0.1, -0.05) is 79.9 Å². The highest BCUT2D eigenvalue weighted by Gasteiger charge is 2.53. The molecule has 7 rings (SSSR count). The average Bonchev–Trinajstić information content (AvgIpc) is 3.92. The van der Waals surface area contributed by atoms with E-state index in [4.69, 9.17) is 11.6 Å². The number of nitrogens with one attached hydrogen (secondary N) is 2. The molecule has 0 radical (unpaired) electrons. The Morgan fingerprint density at radius 2 is 1.67 bits per heavy atom. The van der Waals surface area contributed by atoms with Crippen molar-refractivity contribution in [3.63, 3.8) is 0 Å². The van der Waals surface area contributed by atoms with Gasteiger partial charge in [0.2, 0.25) is 5.91 Å². The van der Waals surface area contributed by atoms with Gasteiger partial charge < -0.3 is 10.6 Å². The maximum atomic E-state index is 14.2. The van der Waals surface area contributed by atoms with Gasteiger partial charge in [-0.05, 0) is 122 Å². The van der Waals surface area contributed by atoms with Crippen LogP contribution in [0.3, 0.4) is 0 Å². The number of fused-ring (bicyclic) bond motifs is 4. The third-order valence-corrected chi connectivity index (χ3v) is 11.6. The van der Waals surface area contributed by atoms with Crippen molar-refractivity contribution in [1.29, 1.82) is 0 Å². The van der Waals surface area contributed by atoms with Crippen LogP contribution in [0.2, 0.25) is 5.02 Å². The monoisotopic (exact) mass is 692 g/mol. The molecule has 4 aliphatic rings. The van der Waals surface area contributed by atoms with Crippen LogP contribution in [0.1, 0.15) is 98.9 Å². The van der Waals surface area contributed by atoms with Crippen LogP contribution in [0, 0.1) is 17.8 Å². The summed E-state index contributed by atoms with van der Waals surface area (Å²) in [4.78, 5) is 28.4. The molecule has 4 nitrogen and oxygen atoms in total. The van der Waals surface area contributed by atoms with Crippen LogP contribution in [0.5, 0.6) is 0 Å². The van der Waals surface area contributed by atoms with Gasteiger partial charge in [-0.25, -0.2) is 0 Å². The Hall–Kier alpha value is -3.16. The molecule has 0 heterocycles. The molecule has 8 heteroatoms. The van der Waals surface area contributed by atoms with Crippen LogP contribution < -0.4 is 10.6 Å². The smallest absolute Gasteiger partial charge is 0.346 e. The molecule has 2 N–H and O–H groups in total. The van der Waals surface area contributed by atoms with Gasteiger partial charge in [-0.15, -0.1) is 0 Å². The summed E-state index contributed by atoms with van der Waals surface area (Å²) in [5.74, 6) is 1.18. The first-order valence-electron chi connectivity index (χ1n) is 18.1. The van der Waals surface area contributed by atoms with E-state index in [2.05, 4.69) is 41.8 Å². The summed E-state index contributed by atoms with van der Waals surface area (Å²) in [6.45, 7) is 2.93. The van der Waals surface area contributed by atoms with Crippen LogP contribution in [-0.2, 0) is 40.6 Å². The number of Topliss-reactive ketones (excluding diaryl/α,β-unsaturated/α-hetero) is 1. The summed E-state index contributed by atoms with van der Waals surface area (Å²) in [6.07, 6.45) is 5.40. The highest BCUT2D eigenvalue weighted by Crippen LogP contribution is 2.50. The van der Waals surface area contributed by atoms with Gasteiger partial charge in [-0.2, -0.15) is 13.2 Å². The van der Waals surface area contributed by atoms with Gasteiger partial charge in [0.05, 0.1) is 17.0 Å². The summed E-state index contributed by atoms with van der Waals surface area (Å²) >= 11 is 6.34. The lowest BCUT2D eigenvalue weighted by Crippen LogP contribution is -2.47. The lowest BCUT2D eigenvalue weighted by atomic mass is 9.73. The number of ketones is 1. The van der Waals surface area contributed by atoms with E-state index in [0.29, 0.717) is 60.6 Å². The zero-order chi connectivity index (χ0) is 34.6. The first kappa shape index (κ1) is 35.7. The van der Waals surface area contributed by atoms with E-state index >= 15 is 0 Å². The SMILES string of the molecule is CCCc1cc(Cl)ccc1C1(C(=O)NC(CCc2ccc(C(F)(F)F)cc2)C(=O)CC2CC3CCC2CC(NCc2ccccc2)C3)CC1. The number of hydrogen-bond donors (Lipinski definition) is 2. The van der Waals surface area contributed by atoms with E-state index in [1.165, 1.54) is 24.1 Å². The quantitative estimate of drug-likeness (QED) is 0.177. The molecule has 3 aromatic carbocycles. The maximum absolute atomic E-state index is 14.2. The molecule has 0 saturated heterocycles. The molecule has 0 aliphatic heterocycles. The van der Waals surface area contributed by atoms with Gasteiger partial charge in [0.15, 0.2) is 5.78 Å². The topological polar surface area (TPSA) is 58.2 Å². The number of amides is 1. The predicted octanol–water partition coefficient (Wildman–Crippen LogP) is 9.40.